The number of aromatic nitrogens is 3. The molecule has 0 atom stereocenters. The maximum absolute atomic E-state index is 12.3. The zero-order valence-electron chi connectivity index (χ0n) is 12.4. The molecule has 3 aromatic rings. The molecule has 22 heavy (non-hydrogen) atoms. The van der Waals surface area contributed by atoms with Crippen LogP contribution in [0.25, 0.3) is 11.8 Å². The van der Waals surface area contributed by atoms with Crippen LogP contribution in [0.4, 0.5) is 0 Å². The number of rotatable bonds is 5. The Hall–Kier alpha value is -2.88. The lowest BCUT2D eigenvalue weighted by Crippen LogP contribution is -2.00. The molecule has 4 heteroatoms. The van der Waals surface area contributed by atoms with Crippen molar-refractivity contribution in [1.82, 2.24) is 14.3 Å². The van der Waals surface area contributed by atoms with Crippen molar-refractivity contribution in [2.75, 3.05) is 0 Å². The first-order chi connectivity index (χ1) is 10.8. The minimum Gasteiger partial charge on any atom is -0.324 e. The van der Waals surface area contributed by atoms with Crippen molar-refractivity contribution >= 4 is 11.9 Å². The highest BCUT2D eigenvalue weighted by Gasteiger charge is 2.04. The number of hydrogen-bond donors (Lipinski definition) is 0. The lowest BCUT2D eigenvalue weighted by molar-refractivity contribution is 0.104. The largest absolute Gasteiger partial charge is 0.324 e. The van der Waals surface area contributed by atoms with Gasteiger partial charge in [-0.05, 0) is 49.4 Å². The SMILES string of the molecule is CCn1nccc1/C=C/C(=O)c1cccc(-n2cccc2)c1. The first-order valence-corrected chi connectivity index (χ1v) is 7.25. The minimum absolute atomic E-state index is 0.0159. The van der Waals surface area contributed by atoms with Crippen molar-refractivity contribution in [3.05, 3.63) is 78.4 Å². The first kappa shape index (κ1) is 14.1. The predicted octanol–water partition coefficient (Wildman–Crippen LogP) is 3.59. The molecular weight excluding hydrogens is 274 g/mol. The third kappa shape index (κ3) is 2.91. The topological polar surface area (TPSA) is 39.8 Å². The Labute approximate surface area is 129 Å². The van der Waals surface area contributed by atoms with Crippen LogP contribution < -0.4 is 0 Å². The van der Waals surface area contributed by atoms with E-state index in [1.165, 1.54) is 0 Å². The molecule has 0 saturated carbocycles. The molecular formula is C18H17N3O. The summed E-state index contributed by atoms with van der Waals surface area (Å²) in [6.45, 7) is 2.80. The van der Waals surface area contributed by atoms with Crippen LogP contribution in [0.1, 0.15) is 23.0 Å². The summed E-state index contributed by atoms with van der Waals surface area (Å²) in [5.41, 5.74) is 2.57. The lowest BCUT2D eigenvalue weighted by Gasteiger charge is -2.04. The molecule has 0 N–H and O–H groups in total. The zero-order chi connectivity index (χ0) is 15.4. The van der Waals surface area contributed by atoms with Gasteiger partial charge in [-0.3, -0.25) is 9.48 Å². The highest BCUT2D eigenvalue weighted by atomic mass is 16.1. The molecule has 0 amide bonds. The summed E-state index contributed by atoms with van der Waals surface area (Å²) in [6, 6.07) is 13.4. The van der Waals surface area contributed by atoms with Gasteiger partial charge in [0.1, 0.15) is 0 Å². The van der Waals surface area contributed by atoms with Gasteiger partial charge in [0.15, 0.2) is 5.78 Å². The van der Waals surface area contributed by atoms with Gasteiger partial charge in [0.25, 0.3) is 0 Å². The van der Waals surface area contributed by atoms with E-state index < -0.39 is 0 Å². The summed E-state index contributed by atoms with van der Waals surface area (Å²) >= 11 is 0. The molecule has 2 aromatic heterocycles. The molecule has 0 saturated heterocycles. The van der Waals surface area contributed by atoms with E-state index in [9.17, 15) is 4.79 Å². The van der Waals surface area contributed by atoms with E-state index in [4.69, 9.17) is 0 Å². The number of benzene rings is 1. The fourth-order valence-electron chi connectivity index (χ4n) is 2.33. The van der Waals surface area contributed by atoms with Gasteiger partial charge < -0.3 is 4.57 Å². The van der Waals surface area contributed by atoms with E-state index >= 15 is 0 Å². The second kappa shape index (κ2) is 6.26. The van der Waals surface area contributed by atoms with Gasteiger partial charge in [-0.1, -0.05) is 12.1 Å². The van der Waals surface area contributed by atoms with Gasteiger partial charge >= 0.3 is 0 Å². The Morgan fingerprint density at radius 3 is 2.77 bits per heavy atom. The smallest absolute Gasteiger partial charge is 0.185 e. The van der Waals surface area contributed by atoms with Gasteiger partial charge in [-0.25, -0.2) is 0 Å². The maximum atomic E-state index is 12.3. The van der Waals surface area contributed by atoms with Crippen molar-refractivity contribution in [3.8, 4) is 5.69 Å². The van der Waals surface area contributed by atoms with Crippen LogP contribution in [-0.2, 0) is 6.54 Å². The van der Waals surface area contributed by atoms with Crippen LogP contribution in [0.5, 0.6) is 0 Å². The molecule has 110 valence electrons. The van der Waals surface area contributed by atoms with Crippen LogP contribution in [-0.4, -0.2) is 20.1 Å². The fraction of sp³-hybridized carbons (Fsp3) is 0.111. The summed E-state index contributed by atoms with van der Waals surface area (Å²) in [4.78, 5) is 12.3. The molecule has 0 aliphatic rings. The van der Waals surface area contributed by atoms with E-state index in [-0.39, 0.29) is 5.78 Å². The average molecular weight is 291 g/mol. The molecule has 0 radical (unpaired) electrons. The molecule has 0 aliphatic carbocycles. The number of aryl methyl sites for hydroxylation is 1. The van der Waals surface area contributed by atoms with Gasteiger partial charge in [-0.2, -0.15) is 5.10 Å². The molecule has 4 nitrogen and oxygen atoms in total. The molecule has 0 aliphatic heterocycles. The van der Waals surface area contributed by atoms with Crippen LogP contribution in [0, 0.1) is 0 Å². The standard InChI is InChI=1S/C18H17N3O/c1-2-21-16(10-11-19-21)8-9-18(22)15-6-5-7-17(14-15)20-12-3-4-13-20/h3-14H,2H2,1H3/b9-8+. The summed E-state index contributed by atoms with van der Waals surface area (Å²) in [7, 11) is 0. The average Bonchev–Trinajstić information content (AvgIpc) is 3.23. The Morgan fingerprint density at radius 1 is 1.18 bits per heavy atom. The quantitative estimate of drug-likeness (QED) is 0.532. The Bertz CT molecular complexity index is 797. The normalized spacial score (nSPS) is 11.1. The Kier molecular flexibility index (Phi) is 4.01. The van der Waals surface area contributed by atoms with Crippen molar-refractivity contribution in [1.29, 1.82) is 0 Å². The number of nitrogens with zero attached hydrogens (tertiary/aromatic N) is 3. The van der Waals surface area contributed by atoms with Crippen molar-refractivity contribution in [3.63, 3.8) is 0 Å². The second-order valence-electron chi connectivity index (χ2n) is 4.91. The second-order valence-corrected chi connectivity index (χ2v) is 4.91. The first-order valence-electron chi connectivity index (χ1n) is 7.25. The van der Waals surface area contributed by atoms with Crippen LogP contribution in [0.3, 0.4) is 0 Å². The summed E-state index contributed by atoms with van der Waals surface area (Å²) < 4.78 is 3.83. The number of allylic oxidation sites excluding steroid dienone is 1. The Balaban J connectivity index is 1.82. The molecule has 0 spiro atoms. The van der Waals surface area contributed by atoms with Crippen molar-refractivity contribution < 1.29 is 4.79 Å². The molecule has 0 bridgehead atoms. The van der Waals surface area contributed by atoms with Gasteiger partial charge in [-0.15, -0.1) is 0 Å². The highest BCUT2D eigenvalue weighted by molar-refractivity contribution is 6.07. The zero-order valence-corrected chi connectivity index (χ0v) is 12.4. The van der Waals surface area contributed by atoms with Crippen molar-refractivity contribution in [2.24, 2.45) is 0 Å². The molecule has 0 unspecified atom stereocenters. The molecule has 0 fully saturated rings. The van der Waals surface area contributed by atoms with Crippen LogP contribution >= 0.6 is 0 Å². The maximum Gasteiger partial charge on any atom is 0.185 e. The molecule has 2 heterocycles. The van der Waals surface area contributed by atoms with E-state index in [0.717, 1.165) is 17.9 Å². The summed E-state index contributed by atoms with van der Waals surface area (Å²) in [5, 5.41) is 4.18. The van der Waals surface area contributed by atoms with Crippen LogP contribution in [0.15, 0.2) is 67.1 Å². The van der Waals surface area contributed by atoms with E-state index in [2.05, 4.69) is 5.10 Å². The fourth-order valence-corrected chi connectivity index (χ4v) is 2.33. The number of ketones is 1. The molecule has 3 rings (SSSR count). The van der Waals surface area contributed by atoms with Gasteiger partial charge in [0, 0.05) is 36.4 Å². The van der Waals surface area contributed by atoms with Gasteiger partial charge in [0.2, 0.25) is 0 Å². The van der Waals surface area contributed by atoms with E-state index in [1.807, 2.05) is 71.0 Å². The molecule has 1 aromatic carbocycles. The van der Waals surface area contributed by atoms with E-state index in [1.54, 1.807) is 18.3 Å². The van der Waals surface area contributed by atoms with Crippen LogP contribution in [0.2, 0.25) is 0 Å². The number of carbonyl (C=O) groups excluding carboxylic acids is 1. The number of carbonyl (C=O) groups is 1. The third-order valence-corrected chi connectivity index (χ3v) is 3.49. The van der Waals surface area contributed by atoms with Crippen molar-refractivity contribution in [2.45, 2.75) is 13.5 Å². The van der Waals surface area contributed by atoms with E-state index in [0.29, 0.717) is 5.56 Å². The summed E-state index contributed by atoms with van der Waals surface area (Å²) in [6.07, 6.45) is 9.05. The van der Waals surface area contributed by atoms with Gasteiger partial charge in [0.05, 0.1) is 5.69 Å². The Morgan fingerprint density at radius 2 is 2.00 bits per heavy atom. The monoisotopic (exact) mass is 291 g/mol. The minimum atomic E-state index is -0.0159. The predicted molar refractivity (Wildman–Crippen MR) is 87.0 cm³/mol. The lowest BCUT2D eigenvalue weighted by atomic mass is 10.1. The summed E-state index contributed by atoms with van der Waals surface area (Å²) in [5.74, 6) is -0.0159. The number of hydrogen-bond acceptors (Lipinski definition) is 2. The highest BCUT2D eigenvalue weighted by Crippen LogP contribution is 2.12. The third-order valence-electron chi connectivity index (χ3n) is 3.49.